The first kappa shape index (κ1) is 13.2. The second-order valence-electron chi connectivity index (χ2n) is 3.57. The first-order valence-electron chi connectivity index (χ1n) is 5.49. The van der Waals surface area contributed by atoms with Crippen molar-refractivity contribution in [2.24, 2.45) is 4.88 Å². The van der Waals surface area contributed by atoms with Gasteiger partial charge in [-0.15, -0.1) is 0 Å². The summed E-state index contributed by atoms with van der Waals surface area (Å²) in [6, 6.07) is 17.1. The predicted molar refractivity (Wildman–Crippen MR) is 73.8 cm³/mol. The molecule has 1 N–H and O–H groups in total. The molecule has 0 aliphatic carbocycles. The Morgan fingerprint density at radius 3 is 1.68 bits per heavy atom. The number of nitrogens with zero attached hydrogens (tertiary/aromatic N) is 3. The van der Waals surface area contributed by atoms with Crippen molar-refractivity contribution in [3.63, 3.8) is 0 Å². The Morgan fingerprint density at radius 2 is 1.32 bits per heavy atom. The van der Waals surface area contributed by atoms with E-state index in [-0.39, 0.29) is 0 Å². The van der Waals surface area contributed by atoms with Crippen LogP contribution in [0.25, 0.3) is 10.4 Å². The molecule has 2 aromatic carbocycles. The Labute approximate surface area is 110 Å². The number of hydrogen-bond donors (Lipinski definition) is 1. The molecule has 2 aromatic rings. The van der Waals surface area contributed by atoms with Crippen LogP contribution in [-0.2, 0) is 0 Å². The van der Waals surface area contributed by atoms with Gasteiger partial charge in [0.1, 0.15) is 0 Å². The van der Waals surface area contributed by atoms with Crippen LogP contribution in [0, 0.1) is 0 Å². The van der Waals surface area contributed by atoms with Gasteiger partial charge >= 0.3 is 110 Å². The quantitative estimate of drug-likeness (QED) is 0.389. The van der Waals surface area contributed by atoms with E-state index in [0.717, 1.165) is 0 Å². The minimum absolute atomic E-state index is 0.375. The fraction of sp³-hybridized carbons (Fsp3) is 0. The molecule has 0 heterocycles. The van der Waals surface area contributed by atoms with E-state index >= 15 is 0 Å². The summed E-state index contributed by atoms with van der Waals surface area (Å²) in [5.41, 5.74) is 8.53. The van der Waals surface area contributed by atoms with Crippen LogP contribution < -0.4 is 9.05 Å². The molecule has 7 heteroatoms. The van der Waals surface area contributed by atoms with Gasteiger partial charge in [0.05, 0.1) is 0 Å². The van der Waals surface area contributed by atoms with Gasteiger partial charge < -0.3 is 0 Å². The molecule has 6 nitrogen and oxygen atoms in total. The maximum absolute atomic E-state index is 10.2. The van der Waals surface area contributed by atoms with Crippen LogP contribution >= 0.6 is 8.09 Å². The molecule has 0 aromatic heterocycles. The van der Waals surface area contributed by atoms with Crippen LogP contribution in [0.1, 0.15) is 0 Å². The first-order valence-corrected chi connectivity index (χ1v) is 7.20. The van der Waals surface area contributed by atoms with Crippen molar-refractivity contribution in [2.75, 3.05) is 0 Å². The van der Waals surface area contributed by atoms with Crippen molar-refractivity contribution < 1.29 is 13.9 Å². The zero-order valence-corrected chi connectivity index (χ0v) is 10.9. The fourth-order valence-corrected chi connectivity index (χ4v) is 2.52. The molecule has 0 saturated heterocycles. The Bertz CT molecular complexity index is 532. The molecule has 98 valence electrons. The van der Waals surface area contributed by atoms with Gasteiger partial charge in [-0.1, -0.05) is 0 Å². The first-order chi connectivity index (χ1) is 9.22. The molecule has 0 radical (unpaired) electrons. The third-order valence-corrected chi connectivity index (χ3v) is 3.50. The SMILES string of the molecule is [N-]=[N+]=N[PH](O)(Oc1ccccc1)Oc1ccccc1. The molecule has 19 heavy (non-hydrogen) atoms. The standard InChI is InChI=1S/C12H12N3O3P/c13-14-15-19(16,17-11-7-3-1-4-8-11)18-12-9-5-2-6-10-12/h1-10,16,19H. The fourth-order valence-electron chi connectivity index (χ4n) is 1.40. The molecule has 0 atom stereocenters. The summed E-state index contributed by atoms with van der Waals surface area (Å²) >= 11 is 0. The third kappa shape index (κ3) is 3.86. The molecule has 0 unspecified atom stereocenters. The van der Waals surface area contributed by atoms with E-state index < -0.39 is 8.09 Å². The Balaban J connectivity index is 2.20. The monoisotopic (exact) mass is 277 g/mol. The average molecular weight is 277 g/mol. The molecule has 0 amide bonds. The van der Waals surface area contributed by atoms with Gasteiger partial charge in [-0.25, -0.2) is 0 Å². The summed E-state index contributed by atoms with van der Waals surface area (Å²) in [4.78, 5) is 16.1. The average Bonchev–Trinajstić information content (AvgIpc) is 2.41. The summed E-state index contributed by atoms with van der Waals surface area (Å²) < 4.78 is 10.6. The van der Waals surface area contributed by atoms with Crippen molar-refractivity contribution >= 4 is 8.09 Å². The second-order valence-corrected chi connectivity index (χ2v) is 5.27. The van der Waals surface area contributed by atoms with E-state index in [4.69, 9.17) is 14.6 Å². The van der Waals surface area contributed by atoms with Crippen molar-refractivity contribution in [2.45, 2.75) is 0 Å². The van der Waals surface area contributed by atoms with Gasteiger partial charge in [0.2, 0.25) is 0 Å². The van der Waals surface area contributed by atoms with Crippen molar-refractivity contribution in [3.05, 3.63) is 71.1 Å². The van der Waals surface area contributed by atoms with E-state index in [0.29, 0.717) is 11.5 Å². The van der Waals surface area contributed by atoms with Gasteiger partial charge in [0.25, 0.3) is 0 Å². The van der Waals surface area contributed by atoms with Gasteiger partial charge in [-0.2, -0.15) is 0 Å². The topological polar surface area (TPSA) is 87.5 Å². The van der Waals surface area contributed by atoms with E-state index in [1.807, 2.05) is 0 Å². The molecule has 2 rings (SSSR count). The second kappa shape index (κ2) is 6.07. The molecule has 0 saturated carbocycles. The van der Waals surface area contributed by atoms with Gasteiger partial charge in [0, 0.05) is 0 Å². The summed E-state index contributed by atoms with van der Waals surface area (Å²) in [5.74, 6) is 0.750. The number of azide groups is 1. The minimum atomic E-state index is -4.02. The van der Waals surface area contributed by atoms with Crippen molar-refractivity contribution in [3.8, 4) is 11.5 Å². The molecule has 0 bridgehead atoms. The summed E-state index contributed by atoms with van der Waals surface area (Å²) in [5, 5.41) is 0. The molecular weight excluding hydrogens is 265 g/mol. The van der Waals surface area contributed by atoms with Crippen molar-refractivity contribution in [1.82, 2.24) is 0 Å². The normalized spacial score (nSPS) is 11.2. The van der Waals surface area contributed by atoms with E-state index in [2.05, 4.69) is 9.80 Å². The molecule has 0 fully saturated rings. The van der Waals surface area contributed by atoms with Gasteiger partial charge in [-0.3, -0.25) is 0 Å². The van der Waals surface area contributed by atoms with Crippen LogP contribution in [0.3, 0.4) is 0 Å². The summed E-state index contributed by atoms with van der Waals surface area (Å²) in [7, 11) is -4.02. The van der Waals surface area contributed by atoms with Gasteiger partial charge in [0.15, 0.2) is 0 Å². The zero-order valence-electron chi connectivity index (χ0n) is 9.88. The molecule has 0 spiro atoms. The molecular formula is C12H12N3O3P. The van der Waals surface area contributed by atoms with E-state index in [9.17, 15) is 4.89 Å². The summed E-state index contributed by atoms with van der Waals surface area (Å²) in [6.07, 6.45) is 0. The Kier molecular flexibility index (Phi) is 4.21. The van der Waals surface area contributed by atoms with Crippen molar-refractivity contribution in [1.29, 1.82) is 0 Å². The van der Waals surface area contributed by atoms with Crippen LogP contribution in [0.15, 0.2) is 65.5 Å². The zero-order chi connectivity index (χ0) is 13.6. The molecule has 0 aliphatic heterocycles. The van der Waals surface area contributed by atoms with Crippen LogP contribution in [-0.4, -0.2) is 4.89 Å². The third-order valence-electron chi connectivity index (χ3n) is 2.16. The van der Waals surface area contributed by atoms with E-state index in [1.165, 1.54) is 0 Å². The summed E-state index contributed by atoms with van der Waals surface area (Å²) in [6.45, 7) is 0. The maximum atomic E-state index is 10.2. The van der Waals surface area contributed by atoms with Gasteiger partial charge in [-0.05, 0) is 0 Å². The Morgan fingerprint density at radius 1 is 0.895 bits per heavy atom. The van der Waals surface area contributed by atoms with E-state index in [1.54, 1.807) is 60.7 Å². The van der Waals surface area contributed by atoms with Crippen LogP contribution in [0.2, 0.25) is 0 Å². The Hall–Kier alpha value is -2.26. The number of para-hydroxylation sites is 2. The number of rotatable bonds is 5. The number of benzene rings is 2. The predicted octanol–water partition coefficient (Wildman–Crippen LogP) is 3.86. The molecule has 0 aliphatic rings. The van der Waals surface area contributed by atoms with Crippen LogP contribution in [0.5, 0.6) is 11.5 Å². The number of hydrogen-bond acceptors (Lipinski definition) is 4. The van der Waals surface area contributed by atoms with Crippen LogP contribution in [0.4, 0.5) is 0 Å².